The zero-order valence-corrected chi connectivity index (χ0v) is 8.74. The first-order valence-electron chi connectivity index (χ1n) is 4.56. The lowest BCUT2D eigenvalue weighted by atomic mass is 10.3. The van der Waals surface area contributed by atoms with Gasteiger partial charge in [0.1, 0.15) is 5.82 Å². The van der Waals surface area contributed by atoms with Crippen LogP contribution in [0.25, 0.3) is 5.82 Å². The summed E-state index contributed by atoms with van der Waals surface area (Å²) in [4.78, 5) is 8.17. The van der Waals surface area contributed by atoms with Crippen LogP contribution in [0.4, 0.5) is 5.82 Å². The van der Waals surface area contributed by atoms with E-state index < -0.39 is 0 Å². The highest BCUT2D eigenvalue weighted by atomic mass is 32.2. The Morgan fingerprint density at radius 3 is 3.00 bits per heavy atom. The van der Waals surface area contributed by atoms with Crippen LogP contribution in [-0.2, 0) is 11.5 Å². The summed E-state index contributed by atoms with van der Waals surface area (Å²) in [5.41, 5.74) is 8.22. The van der Waals surface area contributed by atoms with E-state index in [1.54, 1.807) is 23.3 Å². The Labute approximate surface area is 90.7 Å². The first-order chi connectivity index (χ1) is 7.36. The summed E-state index contributed by atoms with van der Waals surface area (Å²) in [6.07, 6.45) is 4.93. The lowest BCUT2D eigenvalue weighted by molar-refractivity contribution is 0.831. The van der Waals surface area contributed by atoms with Crippen molar-refractivity contribution in [3.63, 3.8) is 0 Å². The quantitative estimate of drug-likeness (QED) is 0.774. The summed E-state index contributed by atoms with van der Waals surface area (Å²) in [6.45, 7) is 0. The molecule has 0 atom stereocenters. The van der Waals surface area contributed by atoms with Gasteiger partial charge in [0.15, 0.2) is 5.82 Å². The molecule has 76 valence electrons. The van der Waals surface area contributed by atoms with Crippen molar-refractivity contribution >= 4 is 17.6 Å². The fourth-order valence-corrected chi connectivity index (χ4v) is 2.65. The molecule has 0 unspecified atom stereocenters. The van der Waals surface area contributed by atoms with Crippen LogP contribution in [0.2, 0.25) is 0 Å². The molecule has 15 heavy (non-hydrogen) atoms. The minimum absolute atomic E-state index is 0.675. The molecule has 1 aliphatic rings. The van der Waals surface area contributed by atoms with E-state index in [2.05, 4.69) is 15.1 Å². The van der Waals surface area contributed by atoms with E-state index in [1.807, 2.05) is 11.8 Å². The SMILES string of the molecule is Nc1c2c(nn1-c1cnccn1)CSC2. The van der Waals surface area contributed by atoms with Crippen LogP contribution in [0.3, 0.4) is 0 Å². The lowest BCUT2D eigenvalue weighted by Gasteiger charge is -2.02. The first kappa shape index (κ1) is 8.72. The zero-order chi connectivity index (χ0) is 10.3. The zero-order valence-electron chi connectivity index (χ0n) is 7.92. The van der Waals surface area contributed by atoms with E-state index in [9.17, 15) is 0 Å². The summed E-state index contributed by atoms with van der Waals surface area (Å²) in [7, 11) is 0. The molecule has 2 N–H and O–H groups in total. The summed E-state index contributed by atoms with van der Waals surface area (Å²) < 4.78 is 1.66. The number of aromatic nitrogens is 4. The van der Waals surface area contributed by atoms with E-state index in [-0.39, 0.29) is 0 Å². The number of fused-ring (bicyclic) bond motifs is 1. The van der Waals surface area contributed by atoms with Gasteiger partial charge in [0.25, 0.3) is 0 Å². The molecule has 0 saturated heterocycles. The summed E-state index contributed by atoms with van der Waals surface area (Å²) in [6, 6.07) is 0. The third-order valence-electron chi connectivity index (χ3n) is 2.36. The normalized spacial score (nSPS) is 14.1. The fraction of sp³-hybridized carbons (Fsp3) is 0.222. The standard InChI is InChI=1S/C9H9N5S/c10-9-6-4-15-5-7(6)13-14(9)8-3-11-1-2-12-8/h1-3H,4-5,10H2. The van der Waals surface area contributed by atoms with Gasteiger partial charge in [-0.15, -0.1) is 0 Å². The molecule has 3 heterocycles. The maximum Gasteiger partial charge on any atom is 0.174 e. The van der Waals surface area contributed by atoms with Crippen LogP contribution in [0.15, 0.2) is 18.6 Å². The van der Waals surface area contributed by atoms with Gasteiger partial charge in [-0.3, -0.25) is 4.98 Å². The number of hydrogen-bond acceptors (Lipinski definition) is 5. The highest BCUT2D eigenvalue weighted by Crippen LogP contribution is 2.33. The molecule has 0 bridgehead atoms. The van der Waals surface area contributed by atoms with E-state index in [4.69, 9.17) is 5.73 Å². The van der Waals surface area contributed by atoms with Crippen LogP contribution in [0.5, 0.6) is 0 Å². The Morgan fingerprint density at radius 1 is 1.33 bits per heavy atom. The van der Waals surface area contributed by atoms with Crippen molar-refractivity contribution in [2.24, 2.45) is 0 Å². The van der Waals surface area contributed by atoms with Gasteiger partial charge in [-0.05, 0) is 0 Å². The molecule has 3 rings (SSSR count). The number of thioether (sulfide) groups is 1. The van der Waals surface area contributed by atoms with Crippen molar-refractivity contribution < 1.29 is 0 Å². The largest absolute Gasteiger partial charge is 0.383 e. The predicted molar refractivity (Wildman–Crippen MR) is 58.6 cm³/mol. The number of rotatable bonds is 1. The van der Waals surface area contributed by atoms with Gasteiger partial charge in [-0.1, -0.05) is 0 Å². The van der Waals surface area contributed by atoms with Gasteiger partial charge in [-0.2, -0.15) is 21.5 Å². The van der Waals surface area contributed by atoms with Gasteiger partial charge in [0.05, 0.1) is 11.9 Å². The molecule has 1 aliphatic heterocycles. The second kappa shape index (κ2) is 3.23. The Balaban J connectivity index is 2.14. The van der Waals surface area contributed by atoms with Crippen molar-refractivity contribution in [2.45, 2.75) is 11.5 Å². The maximum atomic E-state index is 6.01. The Bertz CT molecular complexity index is 493. The van der Waals surface area contributed by atoms with Crippen molar-refractivity contribution in [1.82, 2.24) is 19.7 Å². The highest BCUT2D eigenvalue weighted by molar-refractivity contribution is 7.98. The van der Waals surface area contributed by atoms with E-state index in [1.165, 1.54) is 0 Å². The Hall–Kier alpha value is -1.56. The molecular formula is C9H9N5S. The van der Waals surface area contributed by atoms with Gasteiger partial charge in [-0.25, -0.2) is 4.98 Å². The molecule has 0 radical (unpaired) electrons. The molecule has 0 aromatic carbocycles. The molecule has 2 aromatic rings. The molecule has 0 aliphatic carbocycles. The Kier molecular flexibility index (Phi) is 1.88. The molecule has 5 nitrogen and oxygen atoms in total. The third-order valence-corrected chi connectivity index (χ3v) is 3.33. The van der Waals surface area contributed by atoms with E-state index in [0.29, 0.717) is 11.6 Å². The van der Waals surface area contributed by atoms with Crippen molar-refractivity contribution in [3.05, 3.63) is 29.8 Å². The number of hydrogen-bond donors (Lipinski definition) is 1. The van der Waals surface area contributed by atoms with Crippen molar-refractivity contribution in [2.75, 3.05) is 5.73 Å². The number of nitrogens with two attached hydrogens (primary N) is 1. The average Bonchev–Trinajstić information content (AvgIpc) is 2.83. The second-order valence-corrected chi connectivity index (χ2v) is 4.26. The first-order valence-corrected chi connectivity index (χ1v) is 5.72. The molecule has 0 amide bonds. The number of anilines is 1. The van der Waals surface area contributed by atoms with Gasteiger partial charge < -0.3 is 5.73 Å². The molecule has 0 fully saturated rings. The summed E-state index contributed by atoms with van der Waals surface area (Å²) in [5, 5.41) is 4.43. The molecule has 0 saturated carbocycles. The molecule has 0 spiro atoms. The smallest absolute Gasteiger partial charge is 0.174 e. The third kappa shape index (κ3) is 1.29. The maximum absolute atomic E-state index is 6.01. The summed E-state index contributed by atoms with van der Waals surface area (Å²) >= 11 is 1.84. The van der Waals surface area contributed by atoms with Crippen LogP contribution >= 0.6 is 11.8 Å². The van der Waals surface area contributed by atoms with E-state index in [0.717, 1.165) is 22.8 Å². The lowest BCUT2D eigenvalue weighted by Crippen LogP contribution is -2.05. The predicted octanol–water partition coefficient (Wildman–Crippen LogP) is 0.991. The van der Waals surface area contributed by atoms with Crippen molar-refractivity contribution in [1.29, 1.82) is 0 Å². The fourth-order valence-electron chi connectivity index (χ4n) is 1.61. The van der Waals surface area contributed by atoms with Crippen LogP contribution < -0.4 is 5.73 Å². The number of nitrogens with zero attached hydrogens (tertiary/aromatic N) is 4. The minimum Gasteiger partial charge on any atom is -0.383 e. The Morgan fingerprint density at radius 2 is 2.27 bits per heavy atom. The second-order valence-electron chi connectivity index (χ2n) is 3.28. The molecular weight excluding hydrogens is 210 g/mol. The minimum atomic E-state index is 0.675. The van der Waals surface area contributed by atoms with Crippen LogP contribution in [0.1, 0.15) is 11.3 Å². The van der Waals surface area contributed by atoms with Gasteiger partial charge in [0, 0.05) is 29.5 Å². The molecule has 2 aromatic heterocycles. The van der Waals surface area contributed by atoms with Crippen LogP contribution in [-0.4, -0.2) is 19.7 Å². The van der Waals surface area contributed by atoms with E-state index >= 15 is 0 Å². The average molecular weight is 219 g/mol. The van der Waals surface area contributed by atoms with Gasteiger partial charge >= 0.3 is 0 Å². The van der Waals surface area contributed by atoms with Crippen LogP contribution in [0, 0.1) is 0 Å². The number of nitrogen functional groups attached to an aromatic ring is 1. The highest BCUT2D eigenvalue weighted by Gasteiger charge is 2.21. The summed E-state index contributed by atoms with van der Waals surface area (Å²) in [5.74, 6) is 3.25. The van der Waals surface area contributed by atoms with Gasteiger partial charge in [0.2, 0.25) is 0 Å². The molecule has 6 heteroatoms. The monoisotopic (exact) mass is 219 g/mol. The van der Waals surface area contributed by atoms with Crippen molar-refractivity contribution in [3.8, 4) is 5.82 Å². The topological polar surface area (TPSA) is 69.6 Å².